The average molecular weight is 404 g/mol. The van der Waals surface area contributed by atoms with Gasteiger partial charge in [0.15, 0.2) is 0 Å². The maximum Gasteiger partial charge on any atom is 0.254 e. The van der Waals surface area contributed by atoms with E-state index >= 15 is 0 Å². The lowest BCUT2D eigenvalue weighted by molar-refractivity contribution is 0.0760. The number of rotatable bonds is 6. The van der Waals surface area contributed by atoms with Crippen molar-refractivity contribution in [2.45, 2.75) is 12.8 Å². The number of halogens is 1. The van der Waals surface area contributed by atoms with Crippen molar-refractivity contribution in [1.29, 1.82) is 5.26 Å². The van der Waals surface area contributed by atoms with Gasteiger partial charge in [0, 0.05) is 16.7 Å². The largest absolute Gasteiger partial charge is 0.337 e. The van der Waals surface area contributed by atoms with E-state index in [0.717, 1.165) is 9.99 Å². The number of nitrogens with zero attached hydrogens (tertiary/aromatic N) is 2. The number of carbonyl (C=O) groups excluding carboxylic acids is 1. The lowest BCUT2D eigenvalue weighted by atomic mass is 10.1. The molecule has 0 atom stereocenters. The van der Waals surface area contributed by atoms with Crippen LogP contribution >= 0.6 is 22.6 Å². The maximum absolute atomic E-state index is 12.7. The second-order valence-corrected chi connectivity index (χ2v) is 6.08. The molecule has 3 nitrogen and oxygen atoms in total. The van der Waals surface area contributed by atoms with E-state index in [1.165, 1.54) is 5.56 Å². The Morgan fingerprint density at radius 2 is 1.73 bits per heavy atom. The van der Waals surface area contributed by atoms with E-state index in [-0.39, 0.29) is 5.91 Å². The Labute approximate surface area is 144 Å². The minimum atomic E-state index is -0.00354. The second kappa shape index (κ2) is 8.54. The smallest absolute Gasteiger partial charge is 0.254 e. The Morgan fingerprint density at radius 1 is 1.05 bits per heavy atom. The molecular weight excluding hydrogens is 387 g/mol. The van der Waals surface area contributed by atoms with Gasteiger partial charge in [-0.2, -0.15) is 5.26 Å². The summed E-state index contributed by atoms with van der Waals surface area (Å²) >= 11 is 2.17. The molecule has 0 heterocycles. The van der Waals surface area contributed by atoms with E-state index < -0.39 is 0 Å². The quantitative estimate of drug-likeness (QED) is 0.686. The fourth-order valence-corrected chi connectivity index (χ4v) is 2.83. The van der Waals surface area contributed by atoms with Crippen LogP contribution < -0.4 is 0 Å². The second-order valence-electron chi connectivity index (χ2n) is 4.92. The van der Waals surface area contributed by atoms with Gasteiger partial charge in [0.25, 0.3) is 5.91 Å². The normalized spacial score (nSPS) is 10.0. The van der Waals surface area contributed by atoms with Gasteiger partial charge in [-0.05, 0) is 46.7 Å². The van der Waals surface area contributed by atoms with Gasteiger partial charge in [0.1, 0.15) is 0 Å². The Kier molecular flexibility index (Phi) is 6.41. The van der Waals surface area contributed by atoms with Crippen LogP contribution in [0.4, 0.5) is 0 Å². The zero-order valence-electron chi connectivity index (χ0n) is 12.2. The third-order valence-electron chi connectivity index (χ3n) is 3.40. The van der Waals surface area contributed by atoms with Gasteiger partial charge in [-0.15, -0.1) is 0 Å². The molecule has 0 saturated carbocycles. The molecular formula is C18H17IN2O. The average Bonchev–Trinajstić information content (AvgIpc) is 2.56. The van der Waals surface area contributed by atoms with Crippen molar-refractivity contribution >= 4 is 28.5 Å². The van der Waals surface area contributed by atoms with Crippen LogP contribution in [-0.4, -0.2) is 23.9 Å². The number of hydrogen-bond donors (Lipinski definition) is 0. The summed E-state index contributed by atoms with van der Waals surface area (Å²) in [7, 11) is 0. The predicted molar refractivity (Wildman–Crippen MR) is 95.4 cm³/mol. The monoisotopic (exact) mass is 404 g/mol. The van der Waals surface area contributed by atoms with Crippen LogP contribution in [0.15, 0.2) is 54.6 Å². The van der Waals surface area contributed by atoms with Crippen molar-refractivity contribution in [3.63, 3.8) is 0 Å². The highest BCUT2D eigenvalue weighted by Gasteiger charge is 2.17. The van der Waals surface area contributed by atoms with E-state index in [0.29, 0.717) is 25.1 Å². The molecule has 0 aliphatic heterocycles. The summed E-state index contributed by atoms with van der Waals surface area (Å²) in [6, 6.07) is 19.8. The first kappa shape index (κ1) is 16.5. The van der Waals surface area contributed by atoms with Gasteiger partial charge in [0.2, 0.25) is 0 Å². The van der Waals surface area contributed by atoms with Crippen LogP contribution in [-0.2, 0) is 6.42 Å². The molecule has 0 saturated heterocycles. The third kappa shape index (κ3) is 4.57. The number of carbonyl (C=O) groups is 1. The first-order valence-corrected chi connectivity index (χ1v) is 8.25. The van der Waals surface area contributed by atoms with E-state index in [1.807, 2.05) is 42.5 Å². The van der Waals surface area contributed by atoms with Gasteiger partial charge < -0.3 is 4.90 Å². The highest BCUT2D eigenvalue weighted by molar-refractivity contribution is 14.1. The van der Waals surface area contributed by atoms with E-state index in [4.69, 9.17) is 5.26 Å². The van der Waals surface area contributed by atoms with Crippen molar-refractivity contribution in [2.75, 3.05) is 13.1 Å². The third-order valence-corrected chi connectivity index (χ3v) is 4.34. The molecule has 4 heteroatoms. The van der Waals surface area contributed by atoms with Crippen molar-refractivity contribution in [3.05, 3.63) is 69.3 Å². The van der Waals surface area contributed by atoms with Crippen molar-refractivity contribution < 1.29 is 4.79 Å². The van der Waals surface area contributed by atoms with Crippen LogP contribution in [0.2, 0.25) is 0 Å². The summed E-state index contributed by atoms with van der Waals surface area (Å²) in [5.41, 5.74) is 1.90. The highest BCUT2D eigenvalue weighted by atomic mass is 127. The van der Waals surface area contributed by atoms with Gasteiger partial charge in [0.05, 0.1) is 18.1 Å². The molecule has 0 unspecified atom stereocenters. The summed E-state index contributed by atoms with van der Waals surface area (Å²) in [5, 5.41) is 8.82. The lowest BCUT2D eigenvalue weighted by Crippen LogP contribution is -2.34. The van der Waals surface area contributed by atoms with Crippen molar-refractivity contribution in [1.82, 2.24) is 4.90 Å². The van der Waals surface area contributed by atoms with Gasteiger partial charge in [-0.25, -0.2) is 0 Å². The molecule has 2 aromatic rings. The first-order chi connectivity index (χ1) is 10.7. The Balaban J connectivity index is 2.10. The van der Waals surface area contributed by atoms with Crippen LogP contribution in [0.3, 0.4) is 0 Å². The molecule has 22 heavy (non-hydrogen) atoms. The first-order valence-electron chi connectivity index (χ1n) is 7.17. The molecule has 2 aromatic carbocycles. The topological polar surface area (TPSA) is 44.1 Å². The molecule has 112 valence electrons. The van der Waals surface area contributed by atoms with E-state index in [9.17, 15) is 4.79 Å². The molecule has 0 aliphatic rings. The SMILES string of the molecule is N#CCCN(CCc1ccccc1)C(=O)c1ccccc1I. The summed E-state index contributed by atoms with van der Waals surface area (Å²) < 4.78 is 0.937. The van der Waals surface area contributed by atoms with Crippen LogP contribution in [0.25, 0.3) is 0 Å². The predicted octanol–water partition coefficient (Wildman–Crippen LogP) is 3.89. The molecule has 0 aromatic heterocycles. The fourth-order valence-electron chi connectivity index (χ4n) is 2.21. The van der Waals surface area contributed by atoms with Gasteiger partial charge >= 0.3 is 0 Å². The number of benzene rings is 2. The fraction of sp³-hybridized carbons (Fsp3) is 0.222. The number of nitriles is 1. The van der Waals surface area contributed by atoms with Crippen LogP contribution in [0.5, 0.6) is 0 Å². The highest BCUT2D eigenvalue weighted by Crippen LogP contribution is 2.15. The molecule has 0 fully saturated rings. The van der Waals surface area contributed by atoms with Crippen LogP contribution in [0.1, 0.15) is 22.3 Å². The Morgan fingerprint density at radius 3 is 2.41 bits per heavy atom. The van der Waals surface area contributed by atoms with E-state index in [2.05, 4.69) is 40.8 Å². The summed E-state index contributed by atoms with van der Waals surface area (Å²) in [6.45, 7) is 1.09. The molecule has 0 bridgehead atoms. The summed E-state index contributed by atoms with van der Waals surface area (Å²) in [4.78, 5) is 14.5. The maximum atomic E-state index is 12.7. The minimum absolute atomic E-state index is 0.00354. The lowest BCUT2D eigenvalue weighted by Gasteiger charge is -2.22. The number of amides is 1. The van der Waals surface area contributed by atoms with Crippen LogP contribution in [0, 0.1) is 14.9 Å². The zero-order chi connectivity index (χ0) is 15.8. The summed E-state index contributed by atoms with van der Waals surface area (Å²) in [5.74, 6) is -0.00354. The molecule has 2 rings (SSSR count). The molecule has 0 radical (unpaired) electrons. The Bertz CT molecular complexity index is 664. The molecule has 0 aliphatic carbocycles. The van der Waals surface area contributed by atoms with Gasteiger partial charge in [-0.1, -0.05) is 42.5 Å². The van der Waals surface area contributed by atoms with E-state index in [1.54, 1.807) is 4.90 Å². The standard InChI is InChI=1S/C18H17IN2O/c19-17-10-5-4-9-16(17)18(22)21(13-6-12-20)14-11-15-7-2-1-3-8-15/h1-5,7-10H,6,11,13-14H2. The van der Waals surface area contributed by atoms with Gasteiger partial charge in [-0.3, -0.25) is 4.79 Å². The zero-order valence-corrected chi connectivity index (χ0v) is 14.4. The Hall–Kier alpha value is -1.87. The minimum Gasteiger partial charge on any atom is -0.337 e. The molecule has 1 amide bonds. The molecule has 0 spiro atoms. The summed E-state index contributed by atoms with van der Waals surface area (Å²) in [6.07, 6.45) is 1.14. The van der Waals surface area contributed by atoms with Crippen molar-refractivity contribution in [3.8, 4) is 6.07 Å². The molecule has 0 N–H and O–H groups in total. The van der Waals surface area contributed by atoms with Crippen molar-refractivity contribution in [2.24, 2.45) is 0 Å². The number of hydrogen-bond acceptors (Lipinski definition) is 2.